The molecule has 5 rings (SSSR count). The summed E-state index contributed by atoms with van der Waals surface area (Å²) in [4.78, 5) is 4.75. The molecule has 0 saturated heterocycles. The van der Waals surface area contributed by atoms with E-state index in [0.717, 1.165) is 17.7 Å². The monoisotopic (exact) mass is 289 g/mol. The number of nitrogens with zero attached hydrogens (tertiary/aromatic N) is 2. The van der Waals surface area contributed by atoms with Crippen molar-refractivity contribution in [2.75, 3.05) is 0 Å². The highest BCUT2D eigenvalue weighted by atomic mass is 16.5. The van der Waals surface area contributed by atoms with Crippen LogP contribution in [0.25, 0.3) is 0 Å². The Morgan fingerprint density at radius 1 is 1.19 bits per heavy atom. The van der Waals surface area contributed by atoms with Crippen molar-refractivity contribution < 1.29 is 4.52 Å². The maximum atomic E-state index is 6.18. The van der Waals surface area contributed by atoms with Gasteiger partial charge in [-0.3, -0.25) is 0 Å². The van der Waals surface area contributed by atoms with Gasteiger partial charge >= 0.3 is 0 Å². The highest BCUT2D eigenvalue weighted by molar-refractivity contribution is 5.18. The zero-order valence-corrected chi connectivity index (χ0v) is 13.4. The second kappa shape index (κ2) is 4.31. The van der Waals surface area contributed by atoms with Crippen LogP contribution in [-0.2, 0) is 5.41 Å². The minimum atomic E-state index is -0.119. The van der Waals surface area contributed by atoms with Crippen LogP contribution in [0.4, 0.5) is 0 Å². The van der Waals surface area contributed by atoms with Gasteiger partial charge in [0.25, 0.3) is 0 Å². The molecule has 116 valence electrons. The zero-order chi connectivity index (χ0) is 14.8. The molecule has 4 fully saturated rings. The Morgan fingerprint density at radius 2 is 1.86 bits per heavy atom. The van der Waals surface area contributed by atoms with Gasteiger partial charge in [-0.2, -0.15) is 4.98 Å². The van der Waals surface area contributed by atoms with Crippen molar-refractivity contribution in [3.8, 4) is 0 Å². The summed E-state index contributed by atoms with van der Waals surface area (Å²) >= 11 is 0. The van der Waals surface area contributed by atoms with Gasteiger partial charge in [0, 0.05) is 0 Å². The van der Waals surface area contributed by atoms with Crippen LogP contribution in [0.1, 0.15) is 77.1 Å². The summed E-state index contributed by atoms with van der Waals surface area (Å²) in [7, 11) is 0. The summed E-state index contributed by atoms with van der Waals surface area (Å²) < 4.78 is 5.72. The minimum absolute atomic E-state index is 0.119. The Hall–Kier alpha value is -0.900. The summed E-state index contributed by atoms with van der Waals surface area (Å²) in [5.41, 5.74) is 6.84. The molecule has 0 amide bonds. The van der Waals surface area contributed by atoms with E-state index in [4.69, 9.17) is 15.2 Å². The van der Waals surface area contributed by atoms with Crippen LogP contribution in [0.3, 0.4) is 0 Å². The van der Waals surface area contributed by atoms with E-state index >= 15 is 0 Å². The Labute approximate surface area is 126 Å². The van der Waals surface area contributed by atoms with E-state index in [9.17, 15) is 0 Å². The molecule has 21 heavy (non-hydrogen) atoms. The zero-order valence-electron chi connectivity index (χ0n) is 13.4. The van der Waals surface area contributed by atoms with Crippen molar-refractivity contribution in [1.29, 1.82) is 0 Å². The fourth-order valence-corrected chi connectivity index (χ4v) is 5.85. The Bertz CT molecular complexity index is 536. The molecule has 4 heteroatoms. The lowest BCUT2D eigenvalue weighted by Gasteiger charge is -2.59. The van der Waals surface area contributed by atoms with Gasteiger partial charge in [0.1, 0.15) is 0 Å². The first-order chi connectivity index (χ1) is 9.89. The molecule has 2 N–H and O–H groups in total. The van der Waals surface area contributed by atoms with Crippen LogP contribution in [-0.4, -0.2) is 10.1 Å². The SMILES string of the molecule is CC(C)C(N)c1noc(C23CC4CC(CC(C)(C4)C2)C3)n1. The third kappa shape index (κ3) is 2.06. The van der Waals surface area contributed by atoms with E-state index in [-0.39, 0.29) is 11.5 Å². The molecular formula is C17H27N3O. The maximum Gasteiger partial charge on any atom is 0.232 e. The van der Waals surface area contributed by atoms with Crippen molar-refractivity contribution in [2.45, 2.75) is 70.8 Å². The molecule has 4 aliphatic rings. The summed E-state index contributed by atoms with van der Waals surface area (Å²) in [6, 6.07) is -0.119. The molecule has 0 aliphatic heterocycles. The van der Waals surface area contributed by atoms with Gasteiger partial charge in [-0.25, -0.2) is 0 Å². The summed E-state index contributed by atoms with van der Waals surface area (Å²) in [5, 5.41) is 4.21. The van der Waals surface area contributed by atoms with E-state index in [0.29, 0.717) is 17.2 Å². The quantitative estimate of drug-likeness (QED) is 0.923. The molecule has 0 spiro atoms. The van der Waals surface area contributed by atoms with Crippen LogP contribution < -0.4 is 5.73 Å². The molecule has 1 heterocycles. The summed E-state index contributed by atoms with van der Waals surface area (Å²) in [5.74, 6) is 3.65. The average molecular weight is 289 g/mol. The number of nitrogens with two attached hydrogens (primary N) is 1. The van der Waals surface area contributed by atoms with Gasteiger partial charge in [0.15, 0.2) is 5.82 Å². The van der Waals surface area contributed by atoms with Crippen molar-refractivity contribution in [1.82, 2.24) is 10.1 Å². The fourth-order valence-electron chi connectivity index (χ4n) is 5.85. The topological polar surface area (TPSA) is 64.9 Å². The van der Waals surface area contributed by atoms with Gasteiger partial charge in [-0.1, -0.05) is 25.9 Å². The summed E-state index contributed by atoms with van der Waals surface area (Å²) in [6.45, 7) is 6.68. The van der Waals surface area contributed by atoms with Gasteiger partial charge in [-0.15, -0.1) is 0 Å². The predicted octanol–water partition coefficient (Wildman–Crippen LogP) is 3.58. The van der Waals surface area contributed by atoms with Gasteiger partial charge < -0.3 is 10.3 Å². The van der Waals surface area contributed by atoms with Gasteiger partial charge in [-0.05, 0) is 61.7 Å². The Kier molecular flexibility index (Phi) is 2.82. The van der Waals surface area contributed by atoms with Crippen molar-refractivity contribution in [3.63, 3.8) is 0 Å². The van der Waals surface area contributed by atoms with E-state index < -0.39 is 0 Å². The Morgan fingerprint density at radius 3 is 2.43 bits per heavy atom. The van der Waals surface area contributed by atoms with Crippen LogP contribution in [0.15, 0.2) is 4.52 Å². The van der Waals surface area contributed by atoms with Crippen molar-refractivity contribution in [3.05, 3.63) is 11.7 Å². The van der Waals surface area contributed by atoms with Crippen LogP contribution >= 0.6 is 0 Å². The van der Waals surface area contributed by atoms with E-state index in [1.165, 1.54) is 38.5 Å². The number of rotatable bonds is 3. The lowest BCUT2D eigenvalue weighted by atomic mass is 9.44. The molecule has 4 nitrogen and oxygen atoms in total. The van der Waals surface area contributed by atoms with E-state index in [1.807, 2.05) is 0 Å². The van der Waals surface area contributed by atoms with Gasteiger partial charge in [0.05, 0.1) is 11.5 Å². The smallest absolute Gasteiger partial charge is 0.232 e. The molecule has 3 unspecified atom stereocenters. The van der Waals surface area contributed by atoms with E-state index in [2.05, 4.69) is 25.9 Å². The van der Waals surface area contributed by atoms with Crippen molar-refractivity contribution in [2.24, 2.45) is 28.9 Å². The van der Waals surface area contributed by atoms with E-state index in [1.54, 1.807) is 0 Å². The molecule has 3 atom stereocenters. The molecule has 0 aromatic carbocycles. The summed E-state index contributed by atoms with van der Waals surface area (Å²) in [6.07, 6.45) is 7.94. The first-order valence-electron chi connectivity index (χ1n) is 8.49. The number of hydrogen-bond donors (Lipinski definition) is 1. The first-order valence-corrected chi connectivity index (χ1v) is 8.49. The second-order valence-corrected chi connectivity index (χ2v) is 8.78. The standard InChI is InChI=1S/C17H27N3O/c1-10(2)13(18)14-19-15(21-20-14)17-7-11-4-12(8-17)6-16(3,5-11)9-17/h10-13H,4-9,18H2,1-3H3. The third-order valence-corrected chi connectivity index (χ3v) is 6.27. The number of aromatic nitrogens is 2. The molecule has 1 aromatic rings. The lowest BCUT2D eigenvalue weighted by molar-refractivity contribution is -0.0724. The molecule has 4 saturated carbocycles. The Balaban J connectivity index is 1.67. The first kappa shape index (κ1) is 13.7. The molecule has 4 aliphatic carbocycles. The fraction of sp³-hybridized carbons (Fsp3) is 0.882. The molecular weight excluding hydrogens is 262 g/mol. The molecule has 1 aromatic heterocycles. The largest absolute Gasteiger partial charge is 0.339 e. The van der Waals surface area contributed by atoms with Crippen molar-refractivity contribution >= 4 is 0 Å². The average Bonchev–Trinajstić information content (AvgIpc) is 2.84. The van der Waals surface area contributed by atoms with Crippen LogP contribution in [0.5, 0.6) is 0 Å². The highest BCUT2D eigenvalue weighted by Crippen LogP contribution is 2.65. The normalized spacial score (nSPS) is 42.7. The molecule has 0 radical (unpaired) electrons. The van der Waals surface area contributed by atoms with Crippen LogP contribution in [0, 0.1) is 23.2 Å². The third-order valence-electron chi connectivity index (χ3n) is 6.27. The van der Waals surface area contributed by atoms with Gasteiger partial charge in [0.2, 0.25) is 5.89 Å². The molecule has 4 bridgehead atoms. The lowest BCUT2D eigenvalue weighted by Crippen LogP contribution is -2.53. The van der Waals surface area contributed by atoms with Crippen LogP contribution in [0.2, 0.25) is 0 Å². The maximum absolute atomic E-state index is 6.18. The number of hydrogen-bond acceptors (Lipinski definition) is 4. The highest BCUT2D eigenvalue weighted by Gasteiger charge is 2.58. The predicted molar refractivity (Wildman–Crippen MR) is 80.5 cm³/mol. The minimum Gasteiger partial charge on any atom is -0.339 e. The second-order valence-electron chi connectivity index (χ2n) is 8.78.